The van der Waals surface area contributed by atoms with Gasteiger partial charge in [0, 0.05) is 36.0 Å². The molecule has 7 heteroatoms. The van der Waals surface area contributed by atoms with Crippen LogP contribution in [0.3, 0.4) is 0 Å². The van der Waals surface area contributed by atoms with Crippen LogP contribution < -0.4 is 4.90 Å². The number of hydrogen-bond donors (Lipinski definition) is 0. The molecule has 0 aliphatic rings. The Bertz CT molecular complexity index is 903. The molecule has 0 fully saturated rings. The van der Waals surface area contributed by atoms with E-state index in [1.54, 1.807) is 17.1 Å². The molecule has 2 aromatic heterocycles. The van der Waals surface area contributed by atoms with Gasteiger partial charge in [-0.15, -0.1) is 0 Å². The summed E-state index contributed by atoms with van der Waals surface area (Å²) in [7, 11) is 2.94. The second-order valence-corrected chi connectivity index (χ2v) is 7.29. The SMILES string of the molecule is Cc1nc(N(C)C(C)c2ccc(S(C)=O)cc2)c2cnn(C)c2n1. The molecule has 3 aromatic rings. The van der Waals surface area contributed by atoms with Crippen molar-refractivity contribution >= 4 is 27.7 Å². The van der Waals surface area contributed by atoms with Crippen molar-refractivity contribution in [2.75, 3.05) is 18.2 Å². The van der Waals surface area contributed by atoms with E-state index in [2.05, 4.69) is 26.9 Å². The highest BCUT2D eigenvalue weighted by atomic mass is 32.2. The number of aromatic nitrogens is 4. The Kier molecular flexibility index (Phi) is 4.36. The maximum absolute atomic E-state index is 11.5. The summed E-state index contributed by atoms with van der Waals surface area (Å²) < 4.78 is 13.3. The first-order valence-electron chi connectivity index (χ1n) is 7.71. The number of nitrogens with zero attached hydrogens (tertiary/aromatic N) is 5. The normalized spacial score (nSPS) is 13.9. The van der Waals surface area contributed by atoms with Crippen molar-refractivity contribution in [3.05, 3.63) is 41.9 Å². The zero-order valence-corrected chi connectivity index (χ0v) is 15.3. The van der Waals surface area contributed by atoms with E-state index in [0.717, 1.165) is 33.1 Å². The highest BCUT2D eigenvalue weighted by Gasteiger charge is 2.19. The Morgan fingerprint density at radius 3 is 2.50 bits per heavy atom. The van der Waals surface area contributed by atoms with Gasteiger partial charge in [-0.2, -0.15) is 5.10 Å². The standard InChI is InChI=1S/C17H21N5OS/c1-11(13-6-8-14(9-7-13)24(5)23)21(3)16-15-10-18-22(4)17(15)20-12(2)19-16/h6-11H,1-5H3. The fourth-order valence-corrected chi connectivity index (χ4v) is 3.25. The molecule has 0 aliphatic carbocycles. The van der Waals surface area contributed by atoms with Crippen molar-refractivity contribution in [2.24, 2.45) is 7.05 Å². The number of aryl methyl sites for hydroxylation is 2. The molecule has 3 rings (SSSR count). The van der Waals surface area contributed by atoms with Gasteiger partial charge in [-0.25, -0.2) is 9.97 Å². The van der Waals surface area contributed by atoms with Crippen LogP contribution in [0.5, 0.6) is 0 Å². The zero-order valence-electron chi connectivity index (χ0n) is 14.5. The molecule has 0 bridgehead atoms. The summed E-state index contributed by atoms with van der Waals surface area (Å²) in [6, 6.07) is 7.99. The number of fused-ring (bicyclic) bond motifs is 1. The highest BCUT2D eigenvalue weighted by molar-refractivity contribution is 7.84. The van der Waals surface area contributed by atoms with Gasteiger partial charge in [0.1, 0.15) is 11.6 Å². The van der Waals surface area contributed by atoms with Crippen LogP contribution in [0, 0.1) is 6.92 Å². The Morgan fingerprint density at radius 2 is 1.88 bits per heavy atom. The average Bonchev–Trinajstić information content (AvgIpc) is 2.94. The van der Waals surface area contributed by atoms with Crippen molar-refractivity contribution in [3.63, 3.8) is 0 Å². The summed E-state index contributed by atoms with van der Waals surface area (Å²) in [6.07, 6.45) is 3.49. The van der Waals surface area contributed by atoms with Gasteiger partial charge in [0.05, 0.1) is 17.6 Å². The van der Waals surface area contributed by atoms with Crippen LogP contribution in [0.25, 0.3) is 11.0 Å². The van der Waals surface area contributed by atoms with Crippen LogP contribution in [0.4, 0.5) is 5.82 Å². The first-order chi connectivity index (χ1) is 11.4. The summed E-state index contributed by atoms with van der Waals surface area (Å²) in [6.45, 7) is 4.01. The zero-order chi connectivity index (χ0) is 17.4. The summed E-state index contributed by atoms with van der Waals surface area (Å²) in [5.74, 6) is 1.58. The first-order valence-corrected chi connectivity index (χ1v) is 9.27. The van der Waals surface area contributed by atoms with Crippen molar-refractivity contribution in [3.8, 4) is 0 Å². The third-order valence-electron chi connectivity index (χ3n) is 4.29. The molecule has 0 aliphatic heterocycles. The quantitative estimate of drug-likeness (QED) is 0.728. The van der Waals surface area contributed by atoms with E-state index in [-0.39, 0.29) is 6.04 Å². The Hall–Kier alpha value is -2.28. The third-order valence-corrected chi connectivity index (χ3v) is 5.23. The molecule has 0 saturated heterocycles. The lowest BCUT2D eigenvalue weighted by atomic mass is 10.1. The van der Waals surface area contributed by atoms with Crippen molar-refractivity contribution in [2.45, 2.75) is 24.8 Å². The molecule has 24 heavy (non-hydrogen) atoms. The second-order valence-electron chi connectivity index (χ2n) is 5.91. The van der Waals surface area contributed by atoms with Crippen molar-refractivity contribution in [1.29, 1.82) is 0 Å². The van der Waals surface area contributed by atoms with Gasteiger partial charge in [-0.05, 0) is 31.5 Å². The fourth-order valence-electron chi connectivity index (χ4n) is 2.73. The predicted octanol–water partition coefficient (Wildman–Crippen LogP) is 2.61. The van der Waals surface area contributed by atoms with E-state index in [1.165, 1.54) is 0 Å². The van der Waals surface area contributed by atoms with Crippen molar-refractivity contribution in [1.82, 2.24) is 19.7 Å². The number of benzene rings is 1. The molecule has 0 spiro atoms. The Morgan fingerprint density at radius 1 is 1.21 bits per heavy atom. The molecule has 0 saturated carbocycles. The van der Waals surface area contributed by atoms with Crippen LogP contribution in [0.1, 0.15) is 24.4 Å². The smallest absolute Gasteiger partial charge is 0.163 e. The first kappa shape index (κ1) is 16.6. The molecule has 0 N–H and O–H groups in total. The molecule has 126 valence electrons. The number of rotatable bonds is 4. The maximum Gasteiger partial charge on any atom is 0.163 e. The lowest BCUT2D eigenvalue weighted by Crippen LogP contribution is -2.23. The minimum atomic E-state index is -0.961. The van der Waals surface area contributed by atoms with Crippen LogP contribution in [-0.2, 0) is 17.8 Å². The molecule has 1 aromatic carbocycles. The fraction of sp³-hybridized carbons (Fsp3) is 0.353. The largest absolute Gasteiger partial charge is 0.352 e. The van der Waals surface area contributed by atoms with Crippen LogP contribution >= 0.6 is 0 Å². The van der Waals surface area contributed by atoms with Gasteiger partial charge in [0.25, 0.3) is 0 Å². The molecule has 2 atom stereocenters. The van der Waals surface area contributed by atoms with Crippen molar-refractivity contribution < 1.29 is 4.21 Å². The molecule has 6 nitrogen and oxygen atoms in total. The molecule has 2 heterocycles. The lowest BCUT2D eigenvalue weighted by molar-refractivity contribution is 0.686. The minimum absolute atomic E-state index is 0.113. The van der Waals surface area contributed by atoms with Gasteiger partial charge in [-0.3, -0.25) is 8.89 Å². The van der Waals surface area contributed by atoms with Gasteiger partial charge in [0.2, 0.25) is 0 Å². The van der Waals surface area contributed by atoms with E-state index in [4.69, 9.17) is 0 Å². The summed E-state index contributed by atoms with van der Waals surface area (Å²) >= 11 is 0. The molecular weight excluding hydrogens is 322 g/mol. The van der Waals surface area contributed by atoms with Crippen LogP contribution in [-0.4, -0.2) is 37.3 Å². The number of hydrogen-bond acceptors (Lipinski definition) is 5. The summed E-state index contributed by atoms with van der Waals surface area (Å²) in [5, 5.41) is 5.23. The van der Waals surface area contributed by atoms with Crippen LogP contribution in [0.15, 0.2) is 35.4 Å². The van der Waals surface area contributed by atoms with Crippen LogP contribution in [0.2, 0.25) is 0 Å². The third kappa shape index (κ3) is 2.91. The van der Waals surface area contributed by atoms with Gasteiger partial charge < -0.3 is 4.90 Å². The lowest BCUT2D eigenvalue weighted by Gasteiger charge is -2.27. The van der Waals surface area contributed by atoms with E-state index >= 15 is 0 Å². The van der Waals surface area contributed by atoms with E-state index < -0.39 is 10.8 Å². The predicted molar refractivity (Wildman–Crippen MR) is 96.6 cm³/mol. The maximum atomic E-state index is 11.5. The topological polar surface area (TPSA) is 63.9 Å². The van der Waals surface area contributed by atoms with E-state index in [0.29, 0.717) is 0 Å². The summed E-state index contributed by atoms with van der Waals surface area (Å²) in [5.41, 5.74) is 1.97. The monoisotopic (exact) mass is 343 g/mol. The van der Waals surface area contributed by atoms with Gasteiger partial charge in [0.15, 0.2) is 5.65 Å². The second kappa shape index (κ2) is 6.32. The minimum Gasteiger partial charge on any atom is -0.352 e. The molecule has 0 amide bonds. The van der Waals surface area contributed by atoms with Gasteiger partial charge >= 0.3 is 0 Å². The summed E-state index contributed by atoms with van der Waals surface area (Å²) in [4.78, 5) is 12.0. The molecular formula is C17H21N5OS. The Labute approximate surface area is 144 Å². The van der Waals surface area contributed by atoms with E-state index in [9.17, 15) is 4.21 Å². The van der Waals surface area contributed by atoms with Gasteiger partial charge in [-0.1, -0.05) is 12.1 Å². The number of anilines is 1. The van der Waals surface area contributed by atoms with E-state index in [1.807, 2.05) is 45.3 Å². The Balaban J connectivity index is 1.99. The highest BCUT2D eigenvalue weighted by Crippen LogP contribution is 2.29. The molecule has 0 radical (unpaired) electrons. The molecule has 2 unspecified atom stereocenters. The average molecular weight is 343 g/mol.